The molecule has 8 nitrogen and oxygen atoms in total. The zero-order valence-corrected chi connectivity index (χ0v) is 15.2. The van der Waals surface area contributed by atoms with Gasteiger partial charge in [0.05, 0.1) is 17.4 Å². The van der Waals surface area contributed by atoms with Gasteiger partial charge in [0.1, 0.15) is 6.26 Å². The number of hydrogen-bond donors (Lipinski definition) is 0. The number of pyridine rings is 1. The van der Waals surface area contributed by atoms with Gasteiger partial charge in [-0.1, -0.05) is 0 Å². The second kappa shape index (κ2) is 7.99. The van der Waals surface area contributed by atoms with Crippen molar-refractivity contribution in [2.24, 2.45) is 0 Å². The fraction of sp³-hybridized carbons (Fsp3) is 0.250. The largest absolute Gasteiger partial charge is 0.472 e. The minimum Gasteiger partial charge on any atom is -0.472 e. The van der Waals surface area contributed by atoms with Gasteiger partial charge in [0.2, 0.25) is 0 Å². The number of aromatic nitrogens is 3. The minimum atomic E-state index is -0.126. The monoisotopic (exact) mass is 377 g/mol. The second-order valence-electron chi connectivity index (χ2n) is 6.48. The lowest BCUT2D eigenvalue weighted by molar-refractivity contribution is 0.0718. The summed E-state index contributed by atoms with van der Waals surface area (Å²) in [5, 5.41) is 0. The number of nitrogens with zero attached hydrogens (tertiary/aromatic N) is 5. The molecule has 28 heavy (non-hydrogen) atoms. The molecule has 0 N–H and O–H groups in total. The number of hydrogen-bond acceptors (Lipinski definition) is 6. The highest BCUT2D eigenvalue weighted by molar-refractivity contribution is 5.95. The zero-order valence-electron chi connectivity index (χ0n) is 15.2. The Morgan fingerprint density at radius 2 is 1.50 bits per heavy atom. The third kappa shape index (κ3) is 3.75. The molecule has 1 saturated heterocycles. The van der Waals surface area contributed by atoms with Crippen molar-refractivity contribution >= 4 is 11.8 Å². The summed E-state index contributed by atoms with van der Waals surface area (Å²) in [6.45, 7) is 2.13. The van der Waals surface area contributed by atoms with Gasteiger partial charge < -0.3 is 14.2 Å². The fourth-order valence-corrected chi connectivity index (χ4v) is 3.16. The summed E-state index contributed by atoms with van der Waals surface area (Å²) in [7, 11) is 0. The highest BCUT2D eigenvalue weighted by Gasteiger charge is 2.24. The lowest BCUT2D eigenvalue weighted by Gasteiger charge is -2.21. The van der Waals surface area contributed by atoms with E-state index in [0.717, 1.165) is 5.56 Å². The third-order valence-electron chi connectivity index (χ3n) is 4.68. The molecular weight excluding hydrogens is 358 g/mol. The molecule has 0 saturated carbocycles. The van der Waals surface area contributed by atoms with Gasteiger partial charge in [-0.25, -0.2) is 9.97 Å². The van der Waals surface area contributed by atoms with E-state index in [1.165, 1.54) is 12.5 Å². The van der Waals surface area contributed by atoms with E-state index in [1.807, 2.05) is 12.1 Å². The Labute approximate surface area is 161 Å². The van der Waals surface area contributed by atoms with Crippen LogP contribution in [0.4, 0.5) is 0 Å². The van der Waals surface area contributed by atoms with Crippen molar-refractivity contribution in [2.75, 3.05) is 26.2 Å². The molecule has 2 amide bonds. The second-order valence-corrected chi connectivity index (χ2v) is 6.48. The number of rotatable bonds is 3. The van der Waals surface area contributed by atoms with E-state index in [2.05, 4.69) is 15.0 Å². The van der Waals surface area contributed by atoms with Crippen molar-refractivity contribution in [1.29, 1.82) is 0 Å². The van der Waals surface area contributed by atoms with E-state index in [1.54, 1.807) is 40.7 Å². The molecule has 142 valence electrons. The predicted molar refractivity (Wildman–Crippen MR) is 100 cm³/mol. The first-order valence-electron chi connectivity index (χ1n) is 9.05. The molecule has 4 heterocycles. The minimum absolute atomic E-state index is 0.0758. The molecule has 3 aromatic rings. The fourth-order valence-electron chi connectivity index (χ4n) is 3.16. The molecule has 3 aromatic heterocycles. The van der Waals surface area contributed by atoms with E-state index in [-0.39, 0.29) is 11.8 Å². The molecule has 1 fully saturated rings. The van der Waals surface area contributed by atoms with E-state index >= 15 is 0 Å². The number of carbonyl (C=O) groups is 2. The molecular formula is C20H19N5O3. The van der Waals surface area contributed by atoms with Crippen molar-refractivity contribution in [3.63, 3.8) is 0 Å². The molecule has 4 rings (SSSR count). The average molecular weight is 377 g/mol. The van der Waals surface area contributed by atoms with Crippen LogP contribution in [0.1, 0.15) is 27.1 Å². The van der Waals surface area contributed by atoms with Gasteiger partial charge in [-0.3, -0.25) is 14.6 Å². The van der Waals surface area contributed by atoms with Crippen LogP contribution in [-0.4, -0.2) is 62.7 Å². The van der Waals surface area contributed by atoms with Gasteiger partial charge in [0.25, 0.3) is 11.8 Å². The van der Waals surface area contributed by atoms with Crippen LogP contribution in [0.25, 0.3) is 11.4 Å². The zero-order chi connectivity index (χ0) is 19.3. The normalized spacial score (nSPS) is 14.6. The van der Waals surface area contributed by atoms with E-state index < -0.39 is 0 Å². The quantitative estimate of drug-likeness (QED) is 0.694. The van der Waals surface area contributed by atoms with Crippen LogP contribution >= 0.6 is 0 Å². The summed E-state index contributed by atoms with van der Waals surface area (Å²) < 4.78 is 4.99. The first-order valence-corrected chi connectivity index (χ1v) is 9.05. The first-order chi connectivity index (χ1) is 13.7. The van der Waals surface area contributed by atoms with Crippen LogP contribution in [0.5, 0.6) is 0 Å². The van der Waals surface area contributed by atoms with Crippen LogP contribution in [-0.2, 0) is 0 Å². The van der Waals surface area contributed by atoms with Crippen molar-refractivity contribution in [3.05, 3.63) is 66.6 Å². The van der Waals surface area contributed by atoms with Crippen molar-refractivity contribution in [1.82, 2.24) is 24.8 Å². The topological polar surface area (TPSA) is 92.4 Å². The summed E-state index contributed by atoms with van der Waals surface area (Å²) in [4.78, 5) is 41.4. The van der Waals surface area contributed by atoms with Crippen LogP contribution in [0.3, 0.4) is 0 Å². The van der Waals surface area contributed by atoms with Crippen LogP contribution < -0.4 is 0 Å². The third-order valence-corrected chi connectivity index (χ3v) is 4.68. The Kier molecular flexibility index (Phi) is 5.09. The van der Waals surface area contributed by atoms with Gasteiger partial charge in [-0.05, 0) is 24.6 Å². The lowest BCUT2D eigenvalue weighted by Crippen LogP contribution is -2.37. The number of furan rings is 1. The van der Waals surface area contributed by atoms with Gasteiger partial charge in [0.15, 0.2) is 5.82 Å². The van der Waals surface area contributed by atoms with E-state index in [9.17, 15) is 9.59 Å². The van der Waals surface area contributed by atoms with Gasteiger partial charge in [0, 0.05) is 56.5 Å². The van der Waals surface area contributed by atoms with E-state index in [0.29, 0.717) is 49.6 Å². The number of carbonyl (C=O) groups excluding carboxylic acids is 2. The van der Waals surface area contributed by atoms with Gasteiger partial charge in [-0.2, -0.15) is 0 Å². The molecule has 0 aromatic carbocycles. The summed E-state index contributed by atoms with van der Waals surface area (Å²) in [5.74, 6) is 0.346. The first kappa shape index (κ1) is 17.8. The van der Waals surface area contributed by atoms with Crippen molar-refractivity contribution < 1.29 is 14.0 Å². The highest BCUT2D eigenvalue weighted by atomic mass is 16.3. The Balaban J connectivity index is 1.42. The standard InChI is InChI=1S/C20H19N5O3/c26-19(16-4-11-28-14-16)24-7-1-8-25(10-9-24)20(27)17-12-22-18(23-13-17)15-2-5-21-6-3-15/h2-6,11-14H,1,7-10H2. The Morgan fingerprint density at radius 3 is 2.11 bits per heavy atom. The molecule has 0 spiro atoms. The summed E-state index contributed by atoms with van der Waals surface area (Å²) in [5.41, 5.74) is 1.81. The van der Waals surface area contributed by atoms with E-state index in [4.69, 9.17) is 4.42 Å². The van der Waals surface area contributed by atoms with Crippen molar-refractivity contribution in [2.45, 2.75) is 6.42 Å². The summed E-state index contributed by atoms with van der Waals surface area (Å²) in [6, 6.07) is 5.28. The molecule has 0 radical (unpaired) electrons. The molecule has 0 aliphatic carbocycles. The van der Waals surface area contributed by atoms with Crippen LogP contribution in [0.2, 0.25) is 0 Å². The predicted octanol–water partition coefficient (Wildman–Crippen LogP) is 2.12. The van der Waals surface area contributed by atoms with Gasteiger partial charge in [-0.15, -0.1) is 0 Å². The molecule has 0 bridgehead atoms. The average Bonchev–Trinajstić information content (AvgIpc) is 3.18. The molecule has 8 heteroatoms. The molecule has 0 atom stereocenters. The molecule has 1 aliphatic heterocycles. The SMILES string of the molecule is O=C(c1cnc(-c2ccncc2)nc1)N1CCCN(C(=O)c2ccoc2)CC1. The maximum atomic E-state index is 12.8. The van der Waals surface area contributed by atoms with Gasteiger partial charge >= 0.3 is 0 Å². The Morgan fingerprint density at radius 1 is 0.857 bits per heavy atom. The smallest absolute Gasteiger partial charge is 0.257 e. The maximum absolute atomic E-state index is 12.8. The maximum Gasteiger partial charge on any atom is 0.257 e. The Hall–Kier alpha value is -3.55. The summed E-state index contributed by atoms with van der Waals surface area (Å²) >= 11 is 0. The molecule has 0 unspecified atom stereocenters. The lowest BCUT2D eigenvalue weighted by atomic mass is 10.2. The van der Waals surface area contributed by atoms with Crippen LogP contribution in [0, 0.1) is 0 Å². The number of amides is 2. The molecule has 1 aliphatic rings. The highest BCUT2D eigenvalue weighted by Crippen LogP contribution is 2.15. The van der Waals surface area contributed by atoms with Crippen LogP contribution in [0.15, 0.2) is 59.9 Å². The summed E-state index contributed by atoms with van der Waals surface area (Å²) in [6.07, 6.45) is 10.1. The Bertz CT molecular complexity index is 942. The van der Waals surface area contributed by atoms with Crippen molar-refractivity contribution in [3.8, 4) is 11.4 Å².